The molecule has 0 spiro atoms. The molecular weight excluding hydrogens is 254 g/mol. The molecule has 0 aliphatic carbocycles. The molecule has 112 valence electrons. The van der Waals surface area contributed by atoms with Gasteiger partial charge in [0.1, 0.15) is 5.75 Å². The predicted octanol–water partition coefficient (Wildman–Crippen LogP) is 1.90. The maximum Gasteiger partial charge on any atom is 0.122 e. The Morgan fingerprint density at radius 2 is 2.15 bits per heavy atom. The molecule has 0 amide bonds. The second-order valence-electron chi connectivity index (χ2n) is 5.84. The first-order valence-electron chi connectivity index (χ1n) is 7.13. The first-order chi connectivity index (χ1) is 9.44. The number of hydrogen-bond donors (Lipinski definition) is 2. The Morgan fingerprint density at radius 3 is 2.75 bits per heavy atom. The minimum absolute atomic E-state index is 0.195. The Kier molecular flexibility index (Phi) is 4.68. The van der Waals surface area contributed by atoms with Gasteiger partial charge in [-0.25, -0.2) is 0 Å². The van der Waals surface area contributed by atoms with E-state index >= 15 is 0 Å². The lowest BCUT2D eigenvalue weighted by Gasteiger charge is -2.33. The van der Waals surface area contributed by atoms with Crippen molar-refractivity contribution in [3.8, 4) is 5.75 Å². The van der Waals surface area contributed by atoms with Crippen molar-refractivity contribution < 1.29 is 14.6 Å². The highest BCUT2D eigenvalue weighted by Crippen LogP contribution is 2.33. The Morgan fingerprint density at radius 1 is 1.40 bits per heavy atom. The first-order valence-corrected chi connectivity index (χ1v) is 7.13. The van der Waals surface area contributed by atoms with Crippen LogP contribution in [0.2, 0.25) is 0 Å². The highest BCUT2D eigenvalue weighted by molar-refractivity contribution is 5.43. The van der Waals surface area contributed by atoms with Crippen molar-refractivity contribution in [3.05, 3.63) is 28.8 Å². The van der Waals surface area contributed by atoms with E-state index in [9.17, 15) is 5.11 Å². The quantitative estimate of drug-likeness (QED) is 0.884. The van der Waals surface area contributed by atoms with E-state index in [0.29, 0.717) is 13.0 Å². The molecule has 2 rings (SSSR count). The minimum atomic E-state index is -0.876. The number of aryl methyl sites for hydroxylation is 2. The Balaban J connectivity index is 2.21. The van der Waals surface area contributed by atoms with Gasteiger partial charge in [-0.2, -0.15) is 0 Å². The van der Waals surface area contributed by atoms with Crippen LogP contribution in [0.4, 0.5) is 0 Å². The van der Waals surface area contributed by atoms with Crippen molar-refractivity contribution in [1.82, 2.24) is 5.32 Å². The largest absolute Gasteiger partial charge is 0.496 e. The number of morpholine rings is 1. The molecule has 2 N–H and O–H groups in total. The zero-order valence-electron chi connectivity index (χ0n) is 12.8. The van der Waals surface area contributed by atoms with Crippen LogP contribution in [0.15, 0.2) is 12.1 Å². The number of ether oxygens (including phenoxy) is 2. The van der Waals surface area contributed by atoms with Crippen LogP contribution in [0, 0.1) is 13.8 Å². The van der Waals surface area contributed by atoms with Gasteiger partial charge in [-0.05, 0) is 56.0 Å². The van der Waals surface area contributed by atoms with Crippen LogP contribution in [0.5, 0.6) is 5.75 Å². The van der Waals surface area contributed by atoms with Gasteiger partial charge in [0.05, 0.1) is 25.9 Å². The second-order valence-corrected chi connectivity index (χ2v) is 5.84. The van der Waals surface area contributed by atoms with Gasteiger partial charge in [0, 0.05) is 12.6 Å². The zero-order valence-corrected chi connectivity index (χ0v) is 12.8. The van der Waals surface area contributed by atoms with E-state index in [-0.39, 0.29) is 6.04 Å². The molecule has 1 saturated heterocycles. The number of rotatable bonds is 4. The molecule has 4 nitrogen and oxygen atoms in total. The molecule has 0 aromatic heterocycles. The maximum absolute atomic E-state index is 10.9. The summed E-state index contributed by atoms with van der Waals surface area (Å²) in [7, 11) is 1.67. The summed E-state index contributed by atoms with van der Waals surface area (Å²) in [4.78, 5) is 0. The topological polar surface area (TPSA) is 50.7 Å². The molecular formula is C16H25NO3. The number of hydrogen-bond acceptors (Lipinski definition) is 4. The van der Waals surface area contributed by atoms with E-state index in [0.717, 1.165) is 35.6 Å². The lowest BCUT2D eigenvalue weighted by Crippen LogP contribution is -2.45. The fourth-order valence-electron chi connectivity index (χ4n) is 2.93. The minimum Gasteiger partial charge on any atom is -0.496 e. The van der Waals surface area contributed by atoms with E-state index in [2.05, 4.69) is 5.32 Å². The van der Waals surface area contributed by atoms with Gasteiger partial charge in [0.2, 0.25) is 0 Å². The van der Waals surface area contributed by atoms with Crippen molar-refractivity contribution in [3.63, 3.8) is 0 Å². The van der Waals surface area contributed by atoms with Gasteiger partial charge >= 0.3 is 0 Å². The van der Waals surface area contributed by atoms with Crippen molar-refractivity contribution in [1.29, 1.82) is 0 Å². The molecule has 0 saturated carbocycles. The van der Waals surface area contributed by atoms with E-state index in [4.69, 9.17) is 9.47 Å². The van der Waals surface area contributed by atoms with Gasteiger partial charge in [-0.3, -0.25) is 0 Å². The Hall–Kier alpha value is -1.10. The Bertz CT molecular complexity index is 465. The summed E-state index contributed by atoms with van der Waals surface area (Å²) in [6.07, 6.45) is 0.639. The SMILES string of the molecule is COc1cc(C)c(C(C)(O)CC2COCCN2)cc1C. The molecule has 4 heteroatoms. The summed E-state index contributed by atoms with van der Waals surface area (Å²) in [5.41, 5.74) is 2.18. The number of methoxy groups -OCH3 is 1. The van der Waals surface area contributed by atoms with Crippen LogP contribution in [0.3, 0.4) is 0 Å². The van der Waals surface area contributed by atoms with Crippen LogP contribution in [-0.2, 0) is 10.3 Å². The van der Waals surface area contributed by atoms with E-state index in [1.165, 1.54) is 0 Å². The van der Waals surface area contributed by atoms with Crippen LogP contribution in [-0.4, -0.2) is 38.0 Å². The van der Waals surface area contributed by atoms with Crippen LogP contribution < -0.4 is 10.1 Å². The van der Waals surface area contributed by atoms with E-state index in [1.54, 1.807) is 7.11 Å². The summed E-state index contributed by atoms with van der Waals surface area (Å²) in [5.74, 6) is 0.862. The number of nitrogens with one attached hydrogen (secondary N) is 1. The van der Waals surface area contributed by atoms with E-state index < -0.39 is 5.60 Å². The molecule has 0 radical (unpaired) electrons. The lowest BCUT2D eigenvalue weighted by molar-refractivity contribution is 0.00280. The fourth-order valence-corrected chi connectivity index (χ4v) is 2.93. The van der Waals surface area contributed by atoms with Crippen LogP contribution in [0.1, 0.15) is 30.0 Å². The lowest BCUT2D eigenvalue weighted by atomic mass is 9.85. The summed E-state index contributed by atoms with van der Waals surface area (Å²) in [5, 5.41) is 14.3. The van der Waals surface area contributed by atoms with Gasteiger partial charge < -0.3 is 19.9 Å². The standard InChI is InChI=1S/C16H25NO3/c1-11-8-15(19-4)12(2)7-14(11)16(3,18)9-13-10-20-6-5-17-13/h7-8,13,17-18H,5-6,9-10H2,1-4H3. The summed E-state index contributed by atoms with van der Waals surface area (Å²) >= 11 is 0. The molecule has 1 aromatic rings. The van der Waals surface area contributed by atoms with Crippen molar-refractivity contribution in [2.45, 2.75) is 38.8 Å². The van der Waals surface area contributed by atoms with Crippen LogP contribution in [0.25, 0.3) is 0 Å². The predicted molar refractivity (Wildman–Crippen MR) is 79.3 cm³/mol. The maximum atomic E-state index is 10.9. The highest BCUT2D eigenvalue weighted by atomic mass is 16.5. The molecule has 1 aliphatic rings. The fraction of sp³-hybridized carbons (Fsp3) is 0.625. The van der Waals surface area contributed by atoms with Crippen molar-refractivity contribution >= 4 is 0 Å². The monoisotopic (exact) mass is 279 g/mol. The molecule has 1 aromatic carbocycles. The number of aliphatic hydroxyl groups is 1. The number of benzene rings is 1. The highest BCUT2D eigenvalue weighted by Gasteiger charge is 2.30. The van der Waals surface area contributed by atoms with Gasteiger partial charge in [0.25, 0.3) is 0 Å². The van der Waals surface area contributed by atoms with Crippen LogP contribution >= 0.6 is 0 Å². The third kappa shape index (κ3) is 3.32. The molecule has 1 heterocycles. The summed E-state index contributed by atoms with van der Waals surface area (Å²) < 4.78 is 10.8. The van der Waals surface area contributed by atoms with E-state index in [1.807, 2.05) is 32.9 Å². The first kappa shape index (κ1) is 15.3. The summed E-state index contributed by atoms with van der Waals surface area (Å²) in [6.45, 7) is 8.14. The molecule has 1 aliphatic heterocycles. The smallest absolute Gasteiger partial charge is 0.122 e. The second kappa shape index (κ2) is 6.12. The molecule has 1 fully saturated rings. The van der Waals surface area contributed by atoms with Gasteiger partial charge in [-0.1, -0.05) is 0 Å². The van der Waals surface area contributed by atoms with Gasteiger partial charge in [-0.15, -0.1) is 0 Å². The van der Waals surface area contributed by atoms with Crippen molar-refractivity contribution in [2.75, 3.05) is 26.9 Å². The van der Waals surface area contributed by atoms with Crippen molar-refractivity contribution in [2.24, 2.45) is 0 Å². The third-order valence-electron chi connectivity index (χ3n) is 3.96. The molecule has 0 bridgehead atoms. The zero-order chi connectivity index (χ0) is 14.8. The average Bonchev–Trinajstić information content (AvgIpc) is 2.41. The normalized spacial score (nSPS) is 22.4. The molecule has 2 unspecified atom stereocenters. The molecule has 20 heavy (non-hydrogen) atoms. The molecule has 2 atom stereocenters. The van der Waals surface area contributed by atoms with Gasteiger partial charge in [0.15, 0.2) is 0 Å². The average molecular weight is 279 g/mol. The summed E-state index contributed by atoms with van der Waals surface area (Å²) in [6, 6.07) is 4.21. The third-order valence-corrected chi connectivity index (χ3v) is 3.96. The Labute approximate surface area is 121 Å².